The maximum absolute atomic E-state index is 9.14. The van der Waals surface area contributed by atoms with Crippen LogP contribution in [-0.4, -0.2) is 30.0 Å². The van der Waals surface area contributed by atoms with Crippen LogP contribution in [0, 0.1) is 0 Å². The molecule has 3 heteroatoms. The number of aliphatic hydroxyl groups is 1. The molecule has 1 saturated carbocycles. The van der Waals surface area contributed by atoms with Crippen molar-refractivity contribution in [1.29, 1.82) is 0 Å². The first-order chi connectivity index (χ1) is 8.24. The first-order valence-electron chi connectivity index (χ1n) is 6.31. The van der Waals surface area contributed by atoms with Gasteiger partial charge in [-0.15, -0.1) is 0 Å². The Morgan fingerprint density at radius 2 is 2.06 bits per heavy atom. The molecule has 0 bridgehead atoms. The SMILES string of the molecule is C[C@@H](CO[C@H]1C[C@@H](O)C1)NCc1ccccc1. The van der Waals surface area contributed by atoms with Crippen LogP contribution in [0.15, 0.2) is 30.3 Å². The molecule has 1 aliphatic rings. The molecule has 94 valence electrons. The van der Waals surface area contributed by atoms with Gasteiger partial charge < -0.3 is 15.2 Å². The molecule has 1 fully saturated rings. The van der Waals surface area contributed by atoms with E-state index < -0.39 is 0 Å². The highest BCUT2D eigenvalue weighted by atomic mass is 16.5. The Morgan fingerprint density at radius 1 is 1.35 bits per heavy atom. The van der Waals surface area contributed by atoms with E-state index in [0.29, 0.717) is 12.6 Å². The van der Waals surface area contributed by atoms with Crippen LogP contribution in [0.3, 0.4) is 0 Å². The highest BCUT2D eigenvalue weighted by Gasteiger charge is 2.27. The summed E-state index contributed by atoms with van der Waals surface area (Å²) in [5, 5.41) is 12.6. The molecule has 0 radical (unpaired) electrons. The summed E-state index contributed by atoms with van der Waals surface area (Å²) < 4.78 is 5.68. The Hall–Kier alpha value is -0.900. The van der Waals surface area contributed by atoms with Crippen molar-refractivity contribution in [1.82, 2.24) is 5.32 Å². The maximum Gasteiger partial charge on any atom is 0.0625 e. The first-order valence-corrected chi connectivity index (χ1v) is 6.31. The minimum atomic E-state index is -0.132. The minimum absolute atomic E-state index is 0.132. The van der Waals surface area contributed by atoms with E-state index in [1.165, 1.54) is 5.56 Å². The molecule has 1 atom stereocenters. The molecule has 3 nitrogen and oxygen atoms in total. The Bertz CT molecular complexity index is 322. The molecule has 2 N–H and O–H groups in total. The Labute approximate surface area is 103 Å². The molecule has 0 unspecified atom stereocenters. The molecule has 0 aromatic heterocycles. The summed E-state index contributed by atoms with van der Waals surface area (Å²) in [6, 6.07) is 10.7. The van der Waals surface area contributed by atoms with Gasteiger partial charge in [0.15, 0.2) is 0 Å². The normalized spacial score (nSPS) is 25.3. The van der Waals surface area contributed by atoms with Crippen molar-refractivity contribution < 1.29 is 9.84 Å². The van der Waals surface area contributed by atoms with E-state index in [2.05, 4.69) is 24.4 Å². The second kappa shape index (κ2) is 6.15. The first kappa shape index (κ1) is 12.6. The Kier molecular flexibility index (Phi) is 4.54. The van der Waals surface area contributed by atoms with Crippen molar-refractivity contribution in [3.63, 3.8) is 0 Å². The third-order valence-corrected chi connectivity index (χ3v) is 3.15. The van der Waals surface area contributed by atoms with Gasteiger partial charge in [-0.2, -0.15) is 0 Å². The van der Waals surface area contributed by atoms with Gasteiger partial charge in [-0.25, -0.2) is 0 Å². The predicted octanol–water partition coefficient (Wildman–Crippen LogP) is 1.70. The summed E-state index contributed by atoms with van der Waals surface area (Å²) in [4.78, 5) is 0. The fraction of sp³-hybridized carbons (Fsp3) is 0.571. The molecular weight excluding hydrogens is 214 g/mol. The molecule has 1 aromatic carbocycles. The number of hydrogen-bond donors (Lipinski definition) is 2. The van der Waals surface area contributed by atoms with Crippen molar-refractivity contribution in [2.24, 2.45) is 0 Å². The smallest absolute Gasteiger partial charge is 0.0625 e. The van der Waals surface area contributed by atoms with Crippen molar-refractivity contribution in [2.75, 3.05) is 6.61 Å². The Balaban J connectivity index is 1.59. The molecule has 0 saturated heterocycles. The van der Waals surface area contributed by atoms with Gasteiger partial charge in [-0.1, -0.05) is 30.3 Å². The van der Waals surface area contributed by atoms with Crippen LogP contribution in [0.4, 0.5) is 0 Å². The molecule has 17 heavy (non-hydrogen) atoms. The molecule has 2 rings (SSSR count). The van der Waals surface area contributed by atoms with E-state index in [9.17, 15) is 0 Å². The average Bonchev–Trinajstić information content (AvgIpc) is 2.32. The van der Waals surface area contributed by atoms with Gasteiger partial charge >= 0.3 is 0 Å². The lowest BCUT2D eigenvalue weighted by Gasteiger charge is -2.32. The van der Waals surface area contributed by atoms with Crippen LogP contribution in [0.25, 0.3) is 0 Å². The summed E-state index contributed by atoms with van der Waals surface area (Å²) in [5.74, 6) is 0. The van der Waals surface area contributed by atoms with Gasteiger partial charge in [0.05, 0.1) is 18.8 Å². The average molecular weight is 235 g/mol. The van der Waals surface area contributed by atoms with Gasteiger partial charge in [0.2, 0.25) is 0 Å². The predicted molar refractivity (Wildman–Crippen MR) is 67.7 cm³/mol. The third kappa shape index (κ3) is 4.11. The van der Waals surface area contributed by atoms with Gasteiger partial charge in [0, 0.05) is 12.6 Å². The number of rotatable bonds is 6. The van der Waals surface area contributed by atoms with Crippen LogP contribution >= 0.6 is 0 Å². The van der Waals surface area contributed by atoms with Gasteiger partial charge in [-0.3, -0.25) is 0 Å². The quantitative estimate of drug-likeness (QED) is 0.788. The van der Waals surface area contributed by atoms with E-state index in [-0.39, 0.29) is 12.2 Å². The fourth-order valence-corrected chi connectivity index (χ4v) is 1.90. The number of benzene rings is 1. The Morgan fingerprint density at radius 3 is 2.71 bits per heavy atom. The number of nitrogens with one attached hydrogen (secondary N) is 1. The second-order valence-electron chi connectivity index (χ2n) is 4.85. The lowest BCUT2D eigenvalue weighted by atomic mass is 9.92. The largest absolute Gasteiger partial charge is 0.393 e. The second-order valence-corrected chi connectivity index (χ2v) is 4.85. The van der Waals surface area contributed by atoms with Crippen LogP contribution in [0.5, 0.6) is 0 Å². The number of hydrogen-bond acceptors (Lipinski definition) is 3. The zero-order chi connectivity index (χ0) is 12.1. The highest BCUT2D eigenvalue weighted by Crippen LogP contribution is 2.22. The summed E-state index contributed by atoms with van der Waals surface area (Å²) in [7, 11) is 0. The lowest BCUT2D eigenvalue weighted by molar-refractivity contribution is -0.0750. The van der Waals surface area contributed by atoms with E-state index in [1.807, 2.05) is 18.2 Å². The lowest BCUT2D eigenvalue weighted by Crippen LogP contribution is -2.39. The van der Waals surface area contributed by atoms with Crippen LogP contribution in [-0.2, 0) is 11.3 Å². The van der Waals surface area contributed by atoms with Crippen molar-refractivity contribution >= 4 is 0 Å². The van der Waals surface area contributed by atoms with Crippen molar-refractivity contribution in [2.45, 2.75) is 44.6 Å². The molecule has 1 aliphatic carbocycles. The van der Waals surface area contributed by atoms with E-state index >= 15 is 0 Å². The molecule has 0 heterocycles. The van der Waals surface area contributed by atoms with Crippen molar-refractivity contribution in [3.8, 4) is 0 Å². The van der Waals surface area contributed by atoms with Gasteiger partial charge in [0.25, 0.3) is 0 Å². The molecule has 0 aliphatic heterocycles. The zero-order valence-corrected chi connectivity index (χ0v) is 10.3. The molecule has 0 amide bonds. The standard InChI is InChI=1S/C14H21NO2/c1-11(10-17-14-7-13(16)8-14)15-9-12-5-3-2-4-6-12/h2-6,11,13-16H,7-10H2,1H3/t11-,13-,14+/m0/s1. The highest BCUT2D eigenvalue weighted by molar-refractivity contribution is 5.14. The summed E-state index contributed by atoms with van der Waals surface area (Å²) >= 11 is 0. The monoisotopic (exact) mass is 235 g/mol. The van der Waals surface area contributed by atoms with E-state index in [0.717, 1.165) is 19.4 Å². The number of aliphatic hydroxyl groups excluding tert-OH is 1. The van der Waals surface area contributed by atoms with Crippen LogP contribution in [0.2, 0.25) is 0 Å². The maximum atomic E-state index is 9.14. The topological polar surface area (TPSA) is 41.5 Å². The minimum Gasteiger partial charge on any atom is -0.393 e. The molecule has 0 spiro atoms. The number of ether oxygens (including phenoxy) is 1. The fourth-order valence-electron chi connectivity index (χ4n) is 1.90. The van der Waals surface area contributed by atoms with Crippen LogP contribution in [0.1, 0.15) is 25.3 Å². The summed E-state index contributed by atoms with van der Waals surface area (Å²) in [6.45, 7) is 3.71. The molecule has 1 aromatic rings. The van der Waals surface area contributed by atoms with E-state index in [1.54, 1.807) is 0 Å². The van der Waals surface area contributed by atoms with Gasteiger partial charge in [-0.05, 0) is 25.3 Å². The van der Waals surface area contributed by atoms with Crippen molar-refractivity contribution in [3.05, 3.63) is 35.9 Å². The summed E-state index contributed by atoms with van der Waals surface area (Å²) in [5.41, 5.74) is 1.29. The van der Waals surface area contributed by atoms with E-state index in [4.69, 9.17) is 9.84 Å². The third-order valence-electron chi connectivity index (χ3n) is 3.15. The molecular formula is C14H21NO2. The summed E-state index contributed by atoms with van der Waals surface area (Å²) in [6.07, 6.45) is 1.73. The van der Waals surface area contributed by atoms with Crippen LogP contribution < -0.4 is 5.32 Å². The zero-order valence-electron chi connectivity index (χ0n) is 10.3. The van der Waals surface area contributed by atoms with Gasteiger partial charge in [0.1, 0.15) is 0 Å².